The van der Waals surface area contributed by atoms with Crippen LogP contribution in [0.2, 0.25) is 5.02 Å². The summed E-state index contributed by atoms with van der Waals surface area (Å²) >= 11 is 5.89. The van der Waals surface area contributed by atoms with Crippen molar-refractivity contribution in [1.82, 2.24) is 15.0 Å². The third-order valence-electron chi connectivity index (χ3n) is 2.53. The molecule has 5 heteroatoms. The lowest BCUT2D eigenvalue weighted by molar-refractivity contribution is 0.276. The predicted octanol–water partition coefficient (Wildman–Crippen LogP) is 2.03. The van der Waals surface area contributed by atoms with E-state index in [2.05, 4.69) is 10.3 Å². The minimum atomic E-state index is -0.0987. The molecule has 1 heterocycles. The molecular weight excluding hydrogens is 226 g/mol. The van der Waals surface area contributed by atoms with E-state index in [-0.39, 0.29) is 6.61 Å². The Balaban J connectivity index is 2.54. The van der Waals surface area contributed by atoms with Crippen LogP contribution in [-0.4, -0.2) is 20.1 Å². The monoisotopic (exact) mass is 237 g/mol. The fraction of sp³-hybridized carbons (Fsp3) is 0.273. The van der Waals surface area contributed by atoms with Gasteiger partial charge in [0, 0.05) is 5.02 Å². The normalized spacial score (nSPS) is 10.8. The average molecular weight is 238 g/mol. The molecule has 0 radical (unpaired) electrons. The molecule has 84 valence electrons. The van der Waals surface area contributed by atoms with E-state index < -0.39 is 0 Å². The average Bonchev–Trinajstić information content (AvgIpc) is 2.60. The van der Waals surface area contributed by atoms with E-state index in [1.165, 1.54) is 0 Å². The van der Waals surface area contributed by atoms with Crippen LogP contribution < -0.4 is 0 Å². The summed E-state index contributed by atoms with van der Waals surface area (Å²) < 4.78 is 1.71. The number of rotatable bonds is 2. The van der Waals surface area contributed by atoms with Gasteiger partial charge < -0.3 is 5.11 Å². The van der Waals surface area contributed by atoms with Gasteiger partial charge in [0.25, 0.3) is 0 Å². The summed E-state index contributed by atoms with van der Waals surface area (Å²) in [6.45, 7) is 3.74. The van der Waals surface area contributed by atoms with Crippen LogP contribution in [0, 0.1) is 13.8 Å². The smallest absolute Gasteiger partial charge is 0.111 e. The third-order valence-corrected chi connectivity index (χ3v) is 2.76. The Morgan fingerprint density at radius 2 is 2.12 bits per heavy atom. The molecule has 0 atom stereocenters. The molecule has 0 spiro atoms. The highest BCUT2D eigenvalue weighted by Gasteiger charge is 2.10. The van der Waals surface area contributed by atoms with Gasteiger partial charge in [0.15, 0.2) is 0 Å². The van der Waals surface area contributed by atoms with Gasteiger partial charge in [-0.15, -0.1) is 5.10 Å². The van der Waals surface area contributed by atoms with Crippen molar-refractivity contribution < 1.29 is 5.11 Å². The molecule has 4 nitrogen and oxygen atoms in total. The van der Waals surface area contributed by atoms with Crippen molar-refractivity contribution in [3.05, 3.63) is 40.2 Å². The Kier molecular flexibility index (Phi) is 2.94. The second-order valence-electron chi connectivity index (χ2n) is 3.62. The number of aryl methyl sites for hydroxylation is 1. The SMILES string of the molecule is Cc1cc(Cl)ccc1-n1nnc(CO)c1C. The summed E-state index contributed by atoms with van der Waals surface area (Å²) in [7, 11) is 0. The number of aliphatic hydroxyl groups excluding tert-OH is 1. The molecular formula is C11H12ClN3O. The second kappa shape index (κ2) is 4.23. The fourth-order valence-corrected chi connectivity index (χ4v) is 1.82. The molecule has 0 amide bonds. The fourth-order valence-electron chi connectivity index (χ4n) is 1.59. The Morgan fingerprint density at radius 1 is 1.38 bits per heavy atom. The molecule has 16 heavy (non-hydrogen) atoms. The molecule has 0 saturated heterocycles. The largest absolute Gasteiger partial charge is 0.390 e. The van der Waals surface area contributed by atoms with Crippen LogP contribution in [0.3, 0.4) is 0 Å². The zero-order chi connectivity index (χ0) is 11.7. The topological polar surface area (TPSA) is 50.9 Å². The molecule has 0 aliphatic carbocycles. The van der Waals surface area contributed by atoms with Gasteiger partial charge in [0.05, 0.1) is 18.0 Å². The number of aliphatic hydroxyl groups is 1. The highest BCUT2D eigenvalue weighted by molar-refractivity contribution is 6.30. The van der Waals surface area contributed by atoms with Crippen LogP contribution in [0.4, 0.5) is 0 Å². The maximum atomic E-state index is 9.06. The van der Waals surface area contributed by atoms with Crippen LogP contribution in [0.25, 0.3) is 5.69 Å². The van der Waals surface area contributed by atoms with Crippen molar-refractivity contribution in [2.45, 2.75) is 20.5 Å². The van der Waals surface area contributed by atoms with Crippen molar-refractivity contribution in [3.8, 4) is 5.69 Å². The van der Waals surface area contributed by atoms with E-state index in [4.69, 9.17) is 16.7 Å². The summed E-state index contributed by atoms with van der Waals surface area (Å²) in [4.78, 5) is 0. The first kappa shape index (κ1) is 11.1. The van der Waals surface area contributed by atoms with Gasteiger partial charge in [-0.1, -0.05) is 16.8 Å². The summed E-state index contributed by atoms with van der Waals surface area (Å²) in [5, 5.41) is 17.7. The first-order chi connectivity index (χ1) is 7.63. The molecule has 0 aliphatic rings. The van der Waals surface area contributed by atoms with E-state index in [9.17, 15) is 0 Å². The molecule has 0 saturated carbocycles. The Bertz CT molecular complexity index is 522. The van der Waals surface area contributed by atoms with E-state index in [0.29, 0.717) is 10.7 Å². The first-order valence-electron chi connectivity index (χ1n) is 4.92. The summed E-state index contributed by atoms with van der Waals surface area (Å²) in [5.41, 5.74) is 3.38. The maximum absolute atomic E-state index is 9.06. The zero-order valence-electron chi connectivity index (χ0n) is 9.11. The van der Waals surface area contributed by atoms with E-state index in [0.717, 1.165) is 16.9 Å². The van der Waals surface area contributed by atoms with Gasteiger partial charge in [-0.05, 0) is 37.6 Å². The number of hydrogen-bond acceptors (Lipinski definition) is 3. The first-order valence-corrected chi connectivity index (χ1v) is 5.30. The summed E-state index contributed by atoms with van der Waals surface area (Å²) in [6, 6.07) is 5.57. The van der Waals surface area contributed by atoms with Crippen LogP contribution in [-0.2, 0) is 6.61 Å². The lowest BCUT2D eigenvalue weighted by atomic mass is 10.2. The van der Waals surface area contributed by atoms with Crippen LogP contribution in [0.5, 0.6) is 0 Å². The molecule has 2 aromatic rings. The van der Waals surface area contributed by atoms with Gasteiger partial charge in [-0.2, -0.15) is 0 Å². The number of halogens is 1. The lowest BCUT2D eigenvalue weighted by Gasteiger charge is -2.07. The Hall–Kier alpha value is -1.39. The second-order valence-corrected chi connectivity index (χ2v) is 4.06. The number of hydrogen-bond donors (Lipinski definition) is 1. The summed E-state index contributed by atoms with van der Waals surface area (Å²) in [5.74, 6) is 0. The van der Waals surface area contributed by atoms with Gasteiger partial charge in [-0.25, -0.2) is 4.68 Å². The van der Waals surface area contributed by atoms with Gasteiger partial charge in [0.1, 0.15) is 5.69 Å². The molecule has 1 aromatic heterocycles. The summed E-state index contributed by atoms with van der Waals surface area (Å²) in [6.07, 6.45) is 0. The molecule has 1 N–H and O–H groups in total. The van der Waals surface area contributed by atoms with Crippen molar-refractivity contribution in [2.24, 2.45) is 0 Å². The minimum Gasteiger partial charge on any atom is -0.390 e. The van der Waals surface area contributed by atoms with E-state index >= 15 is 0 Å². The quantitative estimate of drug-likeness (QED) is 0.870. The number of nitrogens with zero attached hydrogens (tertiary/aromatic N) is 3. The molecule has 0 aliphatic heterocycles. The Morgan fingerprint density at radius 3 is 2.69 bits per heavy atom. The zero-order valence-corrected chi connectivity index (χ0v) is 9.86. The number of aromatic nitrogens is 3. The standard InChI is InChI=1S/C11H12ClN3O/c1-7-5-9(12)3-4-11(7)15-8(2)10(6-16)13-14-15/h3-5,16H,6H2,1-2H3. The van der Waals surface area contributed by atoms with Crippen molar-refractivity contribution in [1.29, 1.82) is 0 Å². The van der Waals surface area contributed by atoms with Gasteiger partial charge in [0.2, 0.25) is 0 Å². The van der Waals surface area contributed by atoms with Crippen LogP contribution in [0.1, 0.15) is 17.0 Å². The van der Waals surface area contributed by atoms with Crippen molar-refractivity contribution >= 4 is 11.6 Å². The lowest BCUT2D eigenvalue weighted by Crippen LogP contribution is -2.01. The minimum absolute atomic E-state index is 0.0987. The van der Waals surface area contributed by atoms with Crippen molar-refractivity contribution in [2.75, 3.05) is 0 Å². The highest BCUT2D eigenvalue weighted by atomic mass is 35.5. The molecule has 1 aromatic carbocycles. The molecule has 0 fully saturated rings. The van der Waals surface area contributed by atoms with Crippen LogP contribution in [0.15, 0.2) is 18.2 Å². The van der Waals surface area contributed by atoms with E-state index in [1.807, 2.05) is 32.0 Å². The molecule has 2 rings (SSSR count). The molecule has 0 unspecified atom stereocenters. The van der Waals surface area contributed by atoms with Gasteiger partial charge in [-0.3, -0.25) is 0 Å². The third kappa shape index (κ3) is 1.81. The maximum Gasteiger partial charge on any atom is 0.111 e. The van der Waals surface area contributed by atoms with E-state index in [1.54, 1.807) is 4.68 Å². The Labute approximate surface area is 98.5 Å². The van der Waals surface area contributed by atoms with Gasteiger partial charge >= 0.3 is 0 Å². The van der Waals surface area contributed by atoms with Crippen LogP contribution >= 0.6 is 11.6 Å². The highest BCUT2D eigenvalue weighted by Crippen LogP contribution is 2.20. The van der Waals surface area contributed by atoms with Crippen molar-refractivity contribution in [3.63, 3.8) is 0 Å². The molecule has 0 bridgehead atoms. The predicted molar refractivity (Wildman–Crippen MR) is 61.8 cm³/mol. The number of benzene rings is 1.